The van der Waals surface area contributed by atoms with E-state index in [1.54, 1.807) is 0 Å². The van der Waals surface area contributed by atoms with Gasteiger partial charge in [0.05, 0.1) is 0 Å². The average molecular weight is 78.0 g/mol. The van der Waals surface area contributed by atoms with Crippen LogP contribution in [-0.4, -0.2) is 13.0 Å². The molecule has 0 unspecified atom stereocenters. The molecule has 5 heavy (non-hydrogen) atoms. The summed E-state index contributed by atoms with van der Waals surface area (Å²) in [7, 11) is 0. The maximum atomic E-state index is 10.9. The maximum absolute atomic E-state index is 10.9. The molecule has 0 atom stereocenters. The lowest BCUT2D eigenvalue weighted by Gasteiger charge is -1.59. The van der Waals surface area contributed by atoms with Gasteiger partial charge in [-0.25, -0.2) is 4.39 Å². The van der Waals surface area contributed by atoms with Crippen LogP contribution in [0.1, 0.15) is 0 Å². The highest BCUT2D eigenvalue weighted by molar-refractivity contribution is 4.37. The number of hydrogen-bond acceptors (Lipinski definition) is 2. The molecule has 0 aromatic rings. The molecule has 0 radical (unpaired) electrons. The van der Waals surface area contributed by atoms with Gasteiger partial charge in [-0.1, -0.05) is 0 Å². The van der Waals surface area contributed by atoms with Crippen LogP contribution < -0.4 is 0 Å². The van der Waals surface area contributed by atoms with E-state index < -0.39 is 13.0 Å². The molecular formula is C2H3FO2. The summed E-state index contributed by atoms with van der Waals surface area (Å²) in [5, 5.41) is 0. The van der Waals surface area contributed by atoms with Crippen molar-refractivity contribution in [2.24, 2.45) is 0 Å². The van der Waals surface area contributed by atoms with Crippen LogP contribution in [0.4, 0.5) is 4.39 Å². The molecule has 1 fully saturated rings. The first-order valence-electron chi connectivity index (χ1n) is 1.31. The highest BCUT2D eigenvalue weighted by Gasteiger charge is 2.24. The van der Waals surface area contributed by atoms with Crippen LogP contribution >= 0.6 is 0 Å². The van der Waals surface area contributed by atoms with E-state index in [1.807, 2.05) is 0 Å². The van der Waals surface area contributed by atoms with Gasteiger partial charge < -0.3 is 0 Å². The van der Waals surface area contributed by atoms with Gasteiger partial charge in [-0.2, -0.15) is 9.78 Å². The molecule has 0 aromatic heterocycles. The third-order valence-corrected chi connectivity index (χ3v) is 0.358. The first kappa shape index (κ1) is 3.06. The minimum Gasteiger partial charge on any atom is -0.245 e. The fourth-order valence-corrected chi connectivity index (χ4v) is 0.0907. The molecule has 0 aromatic carbocycles. The largest absolute Gasteiger partial charge is 0.252 e. The molecule has 1 heterocycles. The summed E-state index contributed by atoms with van der Waals surface area (Å²) in [4.78, 5) is 7.97. The van der Waals surface area contributed by atoms with Gasteiger partial charge in [-0.3, -0.25) is 0 Å². The second-order valence-corrected chi connectivity index (χ2v) is 0.776. The standard InChI is InChI=1S/C2H3FO2/c3-1-2-4-5-2/h2H,1H2. The van der Waals surface area contributed by atoms with Crippen LogP contribution in [-0.2, 0) is 9.78 Å². The molecule has 1 saturated heterocycles. The number of halogens is 1. The van der Waals surface area contributed by atoms with E-state index in [-0.39, 0.29) is 0 Å². The smallest absolute Gasteiger partial charge is 0.245 e. The maximum Gasteiger partial charge on any atom is 0.252 e. The summed E-state index contributed by atoms with van der Waals surface area (Å²) in [6.07, 6.45) is -0.532. The Morgan fingerprint density at radius 2 is 2.20 bits per heavy atom. The van der Waals surface area contributed by atoms with Crippen LogP contribution in [0.2, 0.25) is 0 Å². The van der Waals surface area contributed by atoms with E-state index >= 15 is 0 Å². The summed E-state index contributed by atoms with van der Waals surface area (Å²) in [6, 6.07) is 0. The Morgan fingerprint density at radius 1 is 1.60 bits per heavy atom. The van der Waals surface area contributed by atoms with Gasteiger partial charge in [0.15, 0.2) is 0 Å². The summed E-state index contributed by atoms with van der Waals surface area (Å²) >= 11 is 0. The highest BCUT2D eigenvalue weighted by Crippen LogP contribution is 2.10. The van der Waals surface area contributed by atoms with E-state index in [2.05, 4.69) is 9.78 Å². The van der Waals surface area contributed by atoms with Gasteiger partial charge in [0.1, 0.15) is 6.67 Å². The van der Waals surface area contributed by atoms with Gasteiger partial charge in [0, 0.05) is 0 Å². The predicted octanol–water partition coefficient (Wildman–Crippen LogP) is 0.244. The molecule has 1 aliphatic rings. The molecule has 0 amide bonds. The minimum atomic E-state index is -0.532. The number of hydrogen-bond donors (Lipinski definition) is 0. The second-order valence-electron chi connectivity index (χ2n) is 0.776. The predicted molar refractivity (Wildman–Crippen MR) is 11.9 cm³/mol. The van der Waals surface area contributed by atoms with Crippen molar-refractivity contribution in [1.82, 2.24) is 0 Å². The molecule has 0 N–H and O–H groups in total. The third-order valence-electron chi connectivity index (χ3n) is 0.358. The summed E-state index contributed by atoms with van der Waals surface area (Å²) < 4.78 is 10.9. The van der Waals surface area contributed by atoms with Crippen molar-refractivity contribution in [1.29, 1.82) is 0 Å². The van der Waals surface area contributed by atoms with Crippen LogP contribution in [0.25, 0.3) is 0 Å². The van der Waals surface area contributed by atoms with E-state index in [9.17, 15) is 4.39 Å². The zero-order valence-corrected chi connectivity index (χ0v) is 2.48. The highest BCUT2D eigenvalue weighted by atomic mass is 19.1. The Hall–Kier alpha value is -0.150. The SMILES string of the molecule is FCC1OO1. The fourth-order valence-electron chi connectivity index (χ4n) is 0.0907. The van der Waals surface area contributed by atoms with Crippen molar-refractivity contribution in [3.8, 4) is 0 Å². The zero-order chi connectivity index (χ0) is 3.70. The lowest BCUT2D eigenvalue weighted by atomic mass is 10.8. The van der Waals surface area contributed by atoms with Crippen molar-refractivity contribution < 1.29 is 14.2 Å². The van der Waals surface area contributed by atoms with Crippen molar-refractivity contribution in [2.75, 3.05) is 6.67 Å². The van der Waals surface area contributed by atoms with Gasteiger partial charge in [-0.05, 0) is 0 Å². The van der Waals surface area contributed by atoms with Crippen molar-refractivity contribution in [3.05, 3.63) is 0 Å². The molecule has 3 heteroatoms. The fraction of sp³-hybridized carbons (Fsp3) is 1.00. The summed E-state index contributed by atoms with van der Waals surface area (Å²) in [6.45, 7) is -0.528. The van der Waals surface area contributed by atoms with E-state index in [0.29, 0.717) is 0 Å². The Morgan fingerprint density at radius 3 is 2.20 bits per heavy atom. The molecule has 0 bridgehead atoms. The van der Waals surface area contributed by atoms with Gasteiger partial charge in [-0.15, -0.1) is 0 Å². The van der Waals surface area contributed by atoms with Crippen molar-refractivity contribution in [2.45, 2.75) is 6.29 Å². The Kier molecular flexibility index (Phi) is 0.559. The Bertz CT molecular complexity index is 34.6. The lowest BCUT2D eigenvalue weighted by Crippen LogP contribution is -1.80. The Labute approximate surface area is 28.4 Å². The minimum absolute atomic E-state index is 0.528. The first-order valence-corrected chi connectivity index (χ1v) is 1.31. The quantitative estimate of drug-likeness (QED) is 0.331. The molecular weight excluding hydrogens is 75.0 g/mol. The van der Waals surface area contributed by atoms with Gasteiger partial charge in [0.2, 0.25) is 0 Å². The van der Waals surface area contributed by atoms with Gasteiger partial charge >= 0.3 is 0 Å². The number of rotatable bonds is 1. The zero-order valence-electron chi connectivity index (χ0n) is 2.48. The summed E-state index contributed by atoms with van der Waals surface area (Å²) in [5.41, 5.74) is 0. The molecule has 1 aliphatic heterocycles. The van der Waals surface area contributed by atoms with E-state index in [4.69, 9.17) is 0 Å². The monoisotopic (exact) mass is 78.0 g/mol. The van der Waals surface area contributed by atoms with Gasteiger partial charge in [0.25, 0.3) is 6.29 Å². The normalized spacial score (nSPS) is 23.4. The second kappa shape index (κ2) is 0.914. The van der Waals surface area contributed by atoms with Crippen LogP contribution in [0, 0.1) is 0 Å². The summed E-state index contributed by atoms with van der Waals surface area (Å²) in [5.74, 6) is 0. The van der Waals surface area contributed by atoms with Crippen LogP contribution in [0.3, 0.4) is 0 Å². The van der Waals surface area contributed by atoms with E-state index in [0.717, 1.165) is 0 Å². The van der Waals surface area contributed by atoms with Crippen molar-refractivity contribution in [3.63, 3.8) is 0 Å². The molecule has 0 saturated carbocycles. The Balaban J connectivity index is 2.00. The van der Waals surface area contributed by atoms with Crippen molar-refractivity contribution >= 4 is 0 Å². The molecule has 0 aliphatic carbocycles. The molecule has 2 nitrogen and oxygen atoms in total. The average Bonchev–Trinajstić information content (AvgIpc) is 2.12. The lowest BCUT2D eigenvalue weighted by molar-refractivity contribution is 0.0850. The molecule has 0 spiro atoms. The first-order chi connectivity index (χ1) is 2.43. The van der Waals surface area contributed by atoms with Crippen LogP contribution in [0.15, 0.2) is 0 Å². The van der Waals surface area contributed by atoms with Crippen LogP contribution in [0.5, 0.6) is 0 Å². The molecule has 1 rings (SSSR count). The third kappa shape index (κ3) is 0.560. The topological polar surface area (TPSA) is 25.1 Å². The van der Waals surface area contributed by atoms with E-state index in [1.165, 1.54) is 0 Å². The number of alkyl halides is 1. The molecule has 30 valence electrons.